The Morgan fingerprint density at radius 1 is 0.952 bits per heavy atom. The van der Waals surface area contributed by atoms with E-state index in [0.717, 1.165) is 12.1 Å². The topological polar surface area (TPSA) is 48.1 Å². The lowest BCUT2D eigenvalue weighted by Crippen LogP contribution is -2.46. The van der Waals surface area contributed by atoms with Crippen LogP contribution in [-0.4, -0.2) is 23.4 Å². The normalized spacial score (nSPS) is 12.9. The van der Waals surface area contributed by atoms with Crippen molar-refractivity contribution in [3.05, 3.63) is 30.6 Å². The first-order valence-corrected chi connectivity index (χ1v) is 5.53. The van der Waals surface area contributed by atoms with Gasteiger partial charge in [-0.15, -0.1) is 0 Å². The Kier molecular flexibility index (Phi) is 3.60. The van der Waals surface area contributed by atoms with Crippen LogP contribution in [0.25, 0.3) is 10.8 Å². The summed E-state index contributed by atoms with van der Waals surface area (Å²) in [6.07, 6.45) is -12.6. The number of nitrogen functional groups attached to an aromatic ring is 1. The van der Waals surface area contributed by atoms with E-state index in [9.17, 15) is 26.3 Å². The molecule has 0 unspecified atom stereocenters. The molecule has 1 aromatic carbocycles. The zero-order valence-electron chi connectivity index (χ0n) is 10.2. The highest BCUT2D eigenvalue weighted by molar-refractivity contribution is 5.96. The second-order valence-corrected chi connectivity index (χ2v) is 4.16. The molecule has 0 saturated carbocycles. The summed E-state index contributed by atoms with van der Waals surface area (Å²) in [6, 6.07) is 3.34. The minimum absolute atomic E-state index is 0.0171. The van der Waals surface area contributed by atoms with E-state index < -0.39 is 24.2 Å². The Bertz CT molecular complexity index is 638. The van der Waals surface area contributed by atoms with Gasteiger partial charge in [0.1, 0.15) is 5.75 Å². The third-order valence-corrected chi connectivity index (χ3v) is 2.65. The molecule has 1 heterocycles. The summed E-state index contributed by atoms with van der Waals surface area (Å²) >= 11 is 0. The zero-order chi connectivity index (χ0) is 15.8. The van der Waals surface area contributed by atoms with Crippen molar-refractivity contribution in [1.82, 2.24) is 4.98 Å². The standard InChI is InChI=1S/C12H8F6N2O/c13-11(14,15)10(12(16,17)18)21-9-2-1-8(19)7-5-20-4-3-6(7)9/h1-5,10H,19H2. The summed E-state index contributed by atoms with van der Waals surface area (Å²) in [4.78, 5) is 3.71. The van der Waals surface area contributed by atoms with Gasteiger partial charge in [-0.3, -0.25) is 4.98 Å². The lowest BCUT2D eigenvalue weighted by Gasteiger charge is -2.24. The van der Waals surface area contributed by atoms with Crippen LogP contribution < -0.4 is 10.5 Å². The maximum Gasteiger partial charge on any atom is 0.434 e. The molecular formula is C12H8F6N2O. The van der Waals surface area contributed by atoms with Crippen LogP contribution >= 0.6 is 0 Å². The number of anilines is 1. The number of alkyl halides is 6. The van der Waals surface area contributed by atoms with Crippen molar-refractivity contribution in [3.8, 4) is 5.75 Å². The van der Waals surface area contributed by atoms with Crippen LogP contribution in [0.2, 0.25) is 0 Å². The van der Waals surface area contributed by atoms with Gasteiger partial charge < -0.3 is 10.5 Å². The first kappa shape index (κ1) is 15.2. The van der Waals surface area contributed by atoms with Crippen LogP contribution in [0.3, 0.4) is 0 Å². The molecule has 0 amide bonds. The van der Waals surface area contributed by atoms with Crippen molar-refractivity contribution in [3.63, 3.8) is 0 Å². The van der Waals surface area contributed by atoms with Gasteiger partial charge in [0.15, 0.2) is 0 Å². The Labute approximate surface area is 114 Å². The Hall–Kier alpha value is -2.19. The lowest BCUT2D eigenvalue weighted by atomic mass is 10.1. The first-order valence-electron chi connectivity index (χ1n) is 5.53. The molecule has 0 fully saturated rings. The molecule has 0 spiro atoms. The molecule has 21 heavy (non-hydrogen) atoms. The predicted octanol–water partition coefficient (Wildman–Crippen LogP) is 3.69. The molecule has 114 valence electrons. The van der Waals surface area contributed by atoms with E-state index >= 15 is 0 Å². The number of rotatable bonds is 2. The van der Waals surface area contributed by atoms with Gasteiger partial charge in [-0.25, -0.2) is 0 Å². The molecule has 0 saturated heterocycles. The molecule has 3 nitrogen and oxygen atoms in total. The van der Waals surface area contributed by atoms with Crippen molar-refractivity contribution >= 4 is 16.5 Å². The van der Waals surface area contributed by atoms with Gasteiger partial charge >= 0.3 is 12.4 Å². The molecule has 0 aliphatic heterocycles. The van der Waals surface area contributed by atoms with Crippen LogP contribution in [0.1, 0.15) is 0 Å². The summed E-state index contributed by atoms with van der Waals surface area (Å²) in [5, 5.41) is 0.224. The van der Waals surface area contributed by atoms with E-state index in [-0.39, 0.29) is 16.5 Å². The number of fused-ring (bicyclic) bond motifs is 1. The molecular weight excluding hydrogens is 302 g/mol. The maximum absolute atomic E-state index is 12.5. The summed E-state index contributed by atoms with van der Waals surface area (Å²) in [5.74, 6) is -0.568. The molecule has 2 rings (SSSR count). The maximum atomic E-state index is 12.5. The average Bonchev–Trinajstić information content (AvgIpc) is 2.35. The quantitative estimate of drug-likeness (QED) is 0.680. The minimum atomic E-state index is -5.58. The number of pyridine rings is 1. The number of hydrogen-bond acceptors (Lipinski definition) is 3. The summed E-state index contributed by atoms with van der Waals surface area (Å²) < 4.78 is 79.2. The van der Waals surface area contributed by atoms with Gasteiger partial charge in [0, 0.05) is 28.9 Å². The van der Waals surface area contributed by atoms with Gasteiger partial charge in [0.05, 0.1) is 0 Å². The monoisotopic (exact) mass is 310 g/mol. The van der Waals surface area contributed by atoms with Gasteiger partial charge in [0.25, 0.3) is 6.10 Å². The Morgan fingerprint density at radius 2 is 1.57 bits per heavy atom. The van der Waals surface area contributed by atoms with Gasteiger partial charge in [-0.05, 0) is 18.2 Å². The van der Waals surface area contributed by atoms with Crippen molar-refractivity contribution in [2.24, 2.45) is 0 Å². The molecule has 9 heteroatoms. The number of halogens is 6. The summed E-state index contributed by atoms with van der Waals surface area (Å²) in [7, 11) is 0. The van der Waals surface area contributed by atoms with Crippen molar-refractivity contribution < 1.29 is 31.1 Å². The third kappa shape index (κ3) is 3.11. The highest BCUT2D eigenvalue weighted by atomic mass is 19.4. The molecule has 0 radical (unpaired) electrons. The van der Waals surface area contributed by atoms with E-state index in [2.05, 4.69) is 9.72 Å². The average molecular weight is 310 g/mol. The van der Waals surface area contributed by atoms with Crippen LogP contribution in [0.4, 0.5) is 32.0 Å². The smallest absolute Gasteiger partial charge is 0.434 e. The molecule has 0 atom stereocenters. The van der Waals surface area contributed by atoms with E-state index in [4.69, 9.17) is 5.73 Å². The second kappa shape index (κ2) is 4.97. The zero-order valence-corrected chi connectivity index (χ0v) is 10.2. The number of ether oxygens (including phenoxy) is 1. The Morgan fingerprint density at radius 3 is 2.14 bits per heavy atom. The number of nitrogens with zero attached hydrogens (tertiary/aromatic N) is 1. The SMILES string of the molecule is Nc1ccc(OC(C(F)(F)F)C(F)(F)F)c2ccncc12. The van der Waals surface area contributed by atoms with E-state index in [0.29, 0.717) is 0 Å². The molecule has 2 aromatic rings. The fourth-order valence-electron chi connectivity index (χ4n) is 1.73. The van der Waals surface area contributed by atoms with E-state index in [1.807, 2.05) is 0 Å². The molecule has 2 N–H and O–H groups in total. The fraction of sp³-hybridized carbons (Fsp3) is 0.250. The second-order valence-electron chi connectivity index (χ2n) is 4.16. The molecule has 1 aromatic heterocycles. The summed E-state index contributed by atoms with van der Waals surface area (Å²) in [5.41, 5.74) is 5.76. The first-order chi connectivity index (χ1) is 9.60. The number of aromatic nitrogens is 1. The highest BCUT2D eigenvalue weighted by Gasteiger charge is 2.59. The molecule has 0 aliphatic rings. The number of hydrogen-bond donors (Lipinski definition) is 1. The summed E-state index contributed by atoms with van der Waals surface area (Å²) in [6.45, 7) is 0. The lowest BCUT2D eigenvalue weighted by molar-refractivity contribution is -0.299. The van der Waals surface area contributed by atoms with Gasteiger partial charge in [-0.1, -0.05) is 0 Å². The molecule has 0 bridgehead atoms. The highest BCUT2D eigenvalue weighted by Crippen LogP contribution is 2.39. The third-order valence-electron chi connectivity index (χ3n) is 2.65. The number of nitrogens with two attached hydrogens (primary N) is 1. The molecule has 0 aliphatic carbocycles. The Balaban J connectivity index is 2.50. The van der Waals surface area contributed by atoms with E-state index in [1.165, 1.54) is 18.5 Å². The number of benzene rings is 1. The van der Waals surface area contributed by atoms with E-state index in [1.54, 1.807) is 0 Å². The van der Waals surface area contributed by atoms with Crippen LogP contribution in [0, 0.1) is 0 Å². The minimum Gasteiger partial charge on any atom is -0.471 e. The fourth-order valence-corrected chi connectivity index (χ4v) is 1.73. The van der Waals surface area contributed by atoms with Crippen LogP contribution in [0.5, 0.6) is 5.75 Å². The van der Waals surface area contributed by atoms with Gasteiger partial charge in [0.2, 0.25) is 0 Å². The van der Waals surface area contributed by atoms with Gasteiger partial charge in [-0.2, -0.15) is 26.3 Å². The van der Waals surface area contributed by atoms with Crippen LogP contribution in [0.15, 0.2) is 30.6 Å². The van der Waals surface area contributed by atoms with Crippen molar-refractivity contribution in [2.75, 3.05) is 5.73 Å². The van der Waals surface area contributed by atoms with Crippen molar-refractivity contribution in [1.29, 1.82) is 0 Å². The largest absolute Gasteiger partial charge is 0.471 e. The van der Waals surface area contributed by atoms with Crippen LogP contribution in [-0.2, 0) is 0 Å². The van der Waals surface area contributed by atoms with Crippen molar-refractivity contribution in [2.45, 2.75) is 18.5 Å². The predicted molar refractivity (Wildman–Crippen MR) is 62.7 cm³/mol.